The second kappa shape index (κ2) is 6.92. The van der Waals surface area contributed by atoms with Crippen LogP contribution in [-0.2, 0) is 16.8 Å². The Morgan fingerprint density at radius 2 is 1.93 bits per heavy atom. The van der Waals surface area contributed by atoms with Crippen molar-refractivity contribution in [2.45, 2.75) is 31.8 Å². The van der Waals surface area contributed by atoms with Crippen molar-refractivity contribution in [1.82, 2.24) is 9.88 Å². The second-order valence-electron chi connectivity index (χ2n) is 8.06. The van der Waals surface area contributed by atoms with Crippen LogP contribution in [0.3, 0.4) is 0 Å². The summed E-state index contributed by atoms with van der Waals surface area (Å²) in [4.78, 5) is 18.7. The van der Waals surface area contributed by atoms with Gasteiger partial charge in [-0.1, -0.05) is 30.3 Å². The zero-order valence-electron chi connectivity index (χ0n) is 17.0. The number of likely N-dealkylation sites (tertiary alicyclic amines) is 1. The van der Waals surface area contributed by atoms with E-state index in [0.29, 0.717) is 24.4 Å². The minimum atomic E-state index is -0.319. The molecule has 2 aromatic carbocycles. The Hall–Kier alpha value is -2.79. The molecule has 2 aliphatic heterocycles. The van der Waals surface area contributed by atoms with Crippen molar-refractivity contribution in [3.63, 3.8) is 0 Å². The highest BCUT2D eigenvalue weighted by Gasteiger charge is 2.43. The number of hydrogen-bond acceptors (Lipinski definition) is 3. The SMILES string of the molecule is COc1c(C)cccc1C(=O)N1CCC2(CC1)OCCc1c2[nH]c2ccccc12. The molecule has 1 amide bonds. The van der Waals surface area contributed by atoms with E-state index in [-0.39, 0.29) is 11.5 Å². The van der Waals surface area contributed by atoms with Gasteiger partial charge in [0.2, 0.25) is 0 Å². The van der Waals surface area contributed by atoms with Gasteiger partial charge in [-0.25, -0.2) is 0 Å². The fourth-order valence-electron chi connectivity index (χ4n) is 5.00. The monoisotopic (exact) mass is 390 g/mol. The highest BCUT2D eigenvalue weighted by molar-refractivity contribution is 5.97. The molecule has 5 heteroatoms. The van der Waals surface area contributed by atoms with Gasteiger partial charge in [-0.3, -0.25) is 4.79 Å². The molecule has 0 aliphatic carbocycles. The molecule has 1 aromatic heterocycles. The van der Waals surface area contributed by atoms with Crippen LogP contribution in [0.25, 0.3) is 10.9 Å². The number of benzene rings is 2. The minimum Gasteiger partial charge on any atom is -0.496 e. The largest absolute Gasteiger partial charge is 0.496 e. The first kappa shape index (κ1) is 18.3. The van der Waals surface area contributed by atoms with Crippen molar-refractivity contribution in [3.8, 4) is 5.75 Å². The predicted molar refractivity (Wildman–Crippen MR) is 113 cm³/mol. The number of amides is 1. The molecule has 0 unspecified atom stereocenters. The van der Waals surface area contributed by atoms with Gasteiger partial charge in [0, 0.05) is 24.0 Å². The van der Waals surface area contributed by atoms with Gasteiger partial charge in [0.1, 0.15) is 11.4 Å². The fourth-order valence-corrected chi connectivity index (χ4v) is 5.00. The standard InChI is InChI=1S/C24H26N2O3/c1-16-6-5-8-19(21(16)28-2)23(27)26-13-11-24(12-14-26)22-18(10-15-29-24)17-7-3-4-9-20(17)25-22/h3-9,25H,10-15H2,1-2H3. The number of aromatic amines is 1. The van der Waals surface area contributed by atoms with Gasteiger partial charge in [0.15, 0.2) is 0 Å². The van der Waals surface area contributed by atoms with Crippen molar-refractivity contribution in [3.05, 3.63) is 64.8 Å². The Kier molecular flexibility index (Phi) is 4.36. The zero-order valence-corrected chi connectivity index (χ0v) is 17.0. The Labute approximate surface area is 170 Å². The smallest absolute Gasteiger partial charge is 0.257 e. The number of aryl methyl sites for hydroxylation is 1. The van der Waals surface area contributed by atoms with Crippen LogP contribution in [0.1, 0.15) is 40.0 Å². The van der Waals surface area contributed by atoms with Crippen LogP contribution in [0.2, 0.25) is 0 Å². The van der Waals surface area contributed by atoms with Crippen molar-refractivity contribution < 1.29 is 14.3 Å². The molecule has 0 radical (unpaired) electrons. The number of nitrogens with one attached hydrogen (secondary N) is 1. The summed E-state index contributed by atoms with van der Waals surface area (Å²) in [7, 11) is 1.62. The van der Waals surface area contributed by atoms with Crippen molar-refractivity contribution >= 4 is 16.8 Å². The number of methoxy groups -OCH3 is 1. The average Bonchev–Trinajstić information content (AvgIpc) is 3.14. The van der Waals surface area contributed by atoms with Crippen LogP contribution < -0.4 is 4.74 Å². The number of carbonyl (C=O) groups excluding carboxylic acids is 1. The van der Waals surface area contributed by atoms with Crippen LogP contribution in [-0.4, -0.2) is 42.6 Å². The Bertz CT molecular complexity index is 1080. The molecule has 29 heavy (non-hydrogen) atoms. The number of ether oxygens (including phenoxy) is 2. The number of fused-ring (bicyclic) bond motifs is 4. The highest BCUT2D eigenvalue weighted by Crippen LogP contribution is 2.43. The first-order chi connectivity index (χ1) is 14.1. The molecule has 1 N–H and O–H groups in total. The summed E-state index contributed by atoms with van der Waals surface area (Å²) in [6, 6.07) is 14.2. The van der Waals surface area contributed by atoms with Gasteiger partial charge < -0.3 is 19.4 Å². The summed E-state index contributed by atoms with van der Waals surface area (Å²) in [5.41, 5.74) is 5.06. The van der Waals surface area contributed by atoms with E-state index in [9.17, 15) is 4.79 Å². The van der Waals surface area contributed by atoms with E-state index in [0.717, 1.165) is 31.4 Å². The molecule has 0 atom stereocenters. The van der Waals surface area contributed by atoms with E-state index in [4.69, 9.17) is 9.47 Å². The molecular weight excluding hydrogens is 364 g/mol. The van der Waals surface area contributed by atoms with Gasteiger partial charge >= 0.3 is 0 Å². The Morgan fingerprint density at radius 1 is 1.14 bits per heavy atom. The summed E-state index contributed by atoms with van der Waals surface area (Å²) in [6.45, 7) is 4.04. The topological polar surface area (TPSA) is 54.6 Å². The lowest BCUT2D eigenvalue weighted by atomic mass is 9.83. The summed E-state index contributed by atoms with van der Waals surface area (Å²) in [5, 5.41) is 1.30. The predicted octanol–water partition coefficient (Wildman–Crippen LogP) is 4.19. The van der Waals surface area contributed by atoms with Gasteiger partial charge in [0.05, 0.1) is 25.0 Å². The average molecular weight is 390 g/mol. The number of para-hydroxylation sites is 2. The van der Waals surface area contributed by atoms with Crippen LogP contribution in [0.4, 0.5) is 0 Å². The summed E-state index contributed by atoms with van der Waals surface area (Å²) < 4.78 is 11.9. The molecule has 1 saturated heterocycles. The van der Waals surface area contributed by atoms with Crippen LogP contribution >= 0.6 is 0 Å². The third kappa shape index (κ3) is 2.84. The second-order valence-corrected chi connectivity index (χ2v) is 8.06. The molecule has 1 fully saturated rings. The van der Waals surface area contributed by atoms with Crippen molar-refractivity contribution in [2.24, 2.45) is 0 Å². The van der Waals surface area contributed by atoms with Gasteiger partial charge in [0.25, 0.3) is 5.91 Å². The van der Waals surface area contributed by atoms with Gasteiger partial charge in [-0.2, -0.15) is 0 Å². The molecule has 3 heterocycles. The normalized spacial score (nSPS) is 18.1. The van der Waals surface area contributed by atoms with Crippen molar-refractivity contribution in [2.75, 3.05) is 26.8 Å². The van der Waals surface area contributed by atoms with Crippen LogP contribution in [0, 0.1) is 6.92 Å². The molecule has 5 rings (SSSR count). The van der Waals surface area contributed by atoms with E-state index in [2.05, 4.69) is 29.2 Å². The number of aromatic nitrogens is 1. The number of hydrogen-bond donors (Lipinski definition) is 1. The minimum absolute atomic E-state index is 0.0353. The molecule has 3 aromatic rings. The number of H-pyrrole nitrogens is 1. The lowest BCUT2D eigenvalue weighted by Gasteiger charge is -2.43. The zero-order chi connectivity index (χ0) is 20.0. The van der Waals surface area contributed by atoms with Gasteiger partial charge in [-0.05, 0) is 49.4 Å². The highest BCUT2D eigenvalue weighted by atomic mass is 16.5. The molecule has 0 bridgehead atoms. The van der Waals surface area contributed by atoms with E-state index < -0.39 is 0 Å². The first-order valence-corrected chi connectivity index (χ1v) is 10.3. The quantitative estimate of drug-likeness (QED) is 0.714. The van der Waals surface area contributed by atoms with Gasteiger partial charge in [-0.15, -0.1) is 0 Å². The molecule has 5 nitrogen and oxygen atoms in total. The lowest BCUT2D eigenvalue weighted by Crippen LogP contribution is -2.48. The first-order valence-electron chi connectivity index (χ1n) is 10.3. The molecule has 0 saturated carbocycles. The Balaban J connectivity index is 1.42. The van der Waals surface area contributed by atoms with Crippen molar-refractivity contribution in [1.29, 1.82) is 0 Å². The fraction of sp³-hybridized carbons (Fsp3) is 0.375. The summed E-state index contributed by atoms with van der Waals surface area (Å²) in [5.74, 6) is 0.706. The maximum absolute atomic E-state index is 13.2. The van der Waals surface area contributed by atoms with E-state index in [1.54, 1.807) is 7.11 Å². The van der Waals surface area contributed by atoms with E-state index >= 15 is 0 Å². The maximum Gasteiger partial charge on any atom is 0.257 e. The third-order valence-electron chi connectivity index (χ3n) is 6.50. The number of piperidine rings is 1. The van der Waals surface area contributed by atoms with Crippen LogP contribution in [0.15, 0.2) is 42.5 Å². The lowest BCUT2D eigenvalue weighted by molar-refractivity contribution is -0.0957. The molecule has 2 aliphatic rings. The Morgan fingerprint density at radius 3 is 2.72 bits per heavy atom. The van der Waals surface area contributed by atoms with E-state index in [1.807, 2.05) is 30.0 Å². The molecular formula is C24H26N2O3. The number of carbonyl (C=O) groups is 1. The van der Waals surface area contributed by atoms with Crippen LogP contribution in [0.5, 0.6) is 5.75 Å². The number of rotatable bonds is 2. The van der Waals surface area contributed by atoms with E-state index in [1.165, 1.54) is 22.2 Å². The molecule has 1 spiro atoms. The molecule has 150 valence electrons. The third-order valence-corrected chi connectivity index (χ3v) is 6.50. The summed E-state index contributed by atoms with van der Waals surface area (Å²) >= 11 is 0. The number of nitrogens with zero attached hydrogens (tertiary/aromatic N) is 1. The maximum atomic E-state index is 13.2. The summed E-state index contributed by atoms with van der Waals surface area (Å²) in [6.07, 6.45) is 2.53.